The van der Waals surface area contributed by atoms with Gasteiger partial charge in [0.25, 0.3) is 0 Å². The normalized spacial score (nSPS) is 21.0. The first-order valence-corrected chi connectivity index (χ1v) is 10.6. The van der Waals surface area contributed by atoms with E-state index < -0.39 is 6.34 Å². The molecule has 1 aliphatic rings. The number of methoxy groups -OCH3 is 1. The second-order valence-electron chi connectivity index (χ2n) is 5.52. The summed E-state index contributed by atoms with van der Waals surface area (Å²) in [6.07, 6.45) is -1.35. The van der Waals surface area contributed by atoms with Crippen molar-refractivity contribution < 1.29 is 4.74 Å². The Kier molecular flexibility index (Phi) is 4.72. The number of rotatable bonds is 3. The third-order valence-electron chi connectivity index (χ3n) is 3.89. The zero-order valence-electron chi connectivity index (χ0n) is 13.2. The Morgan fingerprint density at radius 1 is 1.17 bits per heavy atom. The van der Waals surface area contributed by atoms with E-state index in [0.29, 0.717) is 0 Å². The van der Waals surface area contributed by atoms with E-state index in [4.69, 9.17) is 28.8 Å². The van der Waals surface area contributed by atoms with Gasteiger partial charge in [0.05, 0.1) is 12.1 Å². The molecule has 0 amide bonds. The first kappa shape index (κ1) is 16.4. The molecule has 6 heteroatoms. The van der Waals surface area contributed by atoms with E-state index in [1.165, 1.54) is 5.56 Å². The number of nitrogens with one attached hydrogen (secondary N) is 1. The molecule has 0 bridgehead atoms. The largest absolute Gasteiger partial charge is 0.497 e. The Labute approximate surface area is 147 Å². The highest BCUT2D eigenvalue weighted by Gasteiger charge is 2.33. The number of nitrogens with zero attached hydrogens (tertiary/aromatic N) is 1. The third kappa shape index (κ3) is 3.27. The van der Waals surface area contributed by atoms with Gasteiger partial charge in [-0.25, -0.2) is 0 Å². The van der Waals surface area contributed by atoms with Gasteiger partial charge in [-0.3, -0.25) is 0 Å². The lowest BCUT2D eigenvalue weighted by Crippen LogP contribution is -2.42. The average Bonchev–Trinajstić information content (AvgIpc) is 2.55. The first-order valence-electron chi connectivity index (χ1n) is 7.43. The van der Waals surface area contributed by atoms with Crippen molar-refractivity contribution in [3.8, 4) is 5.75 Å². The van der Waals surface area contributed by atoms with Crippen LogP contribution in [-0.2, 0) is 11.8 Å². The van der Waals surface area contributed by atoms with E-state index in [1.54, 1.807) is 7.11 Å². The molecule has 1 N–H and O–H groups in total. The van der Waals surface area contributed by atoms with Crippen molar-refractivity contribution >= 4 is 46.3 Å². The van der Waals surface area contributed by atoms with Crippen LogP contribution in [0.1, 0.15) is 12.0 Å². The number of aryl methyl sites for hydroxylation is 1. The van der Waals surface area contributed by atoms with Gasteiger partial charge in [0.1, 0.15) is 5.75 Å². The zero-order valence-corrected chi connectivity index (χ0v) is 15.7. The van der Waals surface area contributed by atoms with Crippen LogP contribution in [0.2, 0.25) is 0 Å². The highest BCUT2D eigenvalue weighted by molar-refractivity contribution is 8.18. The summed E-state index contributed by atoms with van der Waals surface area (Å²) in [6.45, 7) is 2.95. The minimum atomic E-state index is -2.18. The molecule has 1 atom stereocenters. The lowest BCUT2D eigenvalue weighted by Gasteiger charge is -2.42. The summed E-state index contributed by atoms with van der Waals surface area (Å²) in [4.78, 5) is 0.855. The van der Waals surface area contributed by atoms with Crippen LogP contribution < -0.4 is 19.8 Å². The van der Waals surface area contributed by atoms with Crippen molar-refractivity contribution in [1.82, 2.24) is 5.09 Å². The summed E-state index contributed by atoms with van der Waals surface area (Å²) in [5.41, 5.74) is 2.38. The highest BCUT2D eigenvalue weighted by atomic mass is 32.4. The van der Waals surface area contributed by atoms with Crippen LogP contribution in [0.4, 0.5) is 5.69 Å². The van der Waals surface area contributed by atoms with Crippen molar-refractivity contribution in [3.05, 3.63) is 54.1 Å². The van der Waals surface area contributed by atoms with Gasteiger partial charge in [-0.1, -0.05) is 24.4 Å². The molecule has 0 aromatic heterocycles. The molecule has 2 aromatic rings. The van der Waals surface area contributed by atoms with Crippen LogP contribution in [0.5, 0.6) is 5.75 Å². The van der Waals surface area contributed by atoms with Gasteiger partial charge in [-0.05, 0) is 60.7 Å². The summed E-state index contributed by atoms with van der Waals surface area (Å²) in [6, 6.07) is 16.5. The Morgan fingerprint density at radius 3 is 2.57 bits per heavy atom. The molecule has 0 aliphatic carbocycles. The maximum absolute atomic E-state index is 6.12. The van der Waals surface area contributed by atoms with Crippen molar-refractivity contribution in [3.63, 3.8) is 0 Å². The number of ether oxygens (including phenoxy) is 1. The molecule has 3 nitrogen and oxygen atoms in total. The van der Waals surface area contributed by atoms with Crippen molar-refractivity contribution in [2.45, 2.75) is 13.3 Å². The summed E-state index contributed by atoms with van der Waals surface area (Å²) in [5, 5.41) is 4.55. The van der Waals surface area contributed by atoms with E-state index in [0.717, 1.165) is 34.7 Å². The van der Waals surface area contributed by atoms with Gasteiger partial charge in [0, 0.05) is 24.0 Å². The summed E-state index contributed by atoms with van der Waals surface area (Å²) >= 11 is 11.6. The first-order chi connectivity index (χ1) is 11.0. The van der Waals surface area contributed by atoms with E-state index >= 15 is 0 Å². The monoisotopic (exact) mass is 362 g/mol. The van der Waals surface area contributed by atoms with Gasteiger partial charge in [-0.15, -0.1) is 0 Å². The summed E-state index contributed by atoms with van der Waals surface area (Å²) < 4.78 is 7.57. The maximum atomic E-state index is 6.12. The fourth-order valence-corrected chi connectivity index (χ4v) is 6.95. The maximum Gasteiger partial charge on any atom is 0.151 e. The van der Waals surface area contributed by atoms with Gasteiger partial charge >= 0.3 is 0 Å². The standard InChI is InChI=1S/C17H19N2OPS2/c1-13-4-3-5-14(12-13)19-11-10-17(22)18-21(19,23)16-8-6-15(20-2)7-9-16/h3-9,12H,10-11H2,1-2H3,(H,18,22,23). The van der Waals surface area contributed by atoms with E-state index in [2.05, 4.69) is 40.9 Å². The summed E-state index contributed by atoms with van der Waals surface area (Å²) in [7, 11) is 1.67. The molecule has 0 saturated carbocycles. The number of hydrogen-bond donors (Lipinski definition) is 1. The summed E-state index contributed by atoms with van der Waals surface area (Å²) in [5.74, 6) is 0.831. The lowest BCUT2D eigenvalue weighted by atomic mass is 10.2. The molecular formula is C17H19N2OPS2. The Bertz CT molecular complexity index is 776. The molecule has 1 aliphatic heterocycles. The van der Waals surface area contributed by atoms with Crippen LogP contribution in [0.3, 0.4) is 0 Å². The highest BCUT2D eigenvalue weighted by Crippen LogP contribution is 2.50. The molecule has 0 radical (unpaired) electrons. The predicted molar refractivity (Wildman–Crippen MR) is 106 cm³/mol. The Hall–Kier alpha value is -1.42. The molecule has 1 heterocycles. The lowest BCUT2D eigenvalue weighted by molar-refractivity contribution is 0.415. The van der Waals surface area contributed by atoms with E-state index in [-0.39, 0.29) is 0 Å². The molecule has 120 valence electrons. The van der Waals surface area contributed by atoms with Crippen LogP contribution in [0.15, 0.2) is 48.5 Å². The van der Waals surface area contributed by atoms with Gasteiger partial charge in [0.15, 0.2) is 6.34 Å². The number of thiocarbonyl (C=S) groups is 1. The van der Waals surface area contributed by atoms with Gasteiger partial charge in [-0.2, -0.15) is 0 Å². The second-order valence-corrected chi connectivity index (χ2v) is 9.97. The Morgan fingerprint density at radius 2 is 1.91 bits per heavy atom. The Balaban J connectivity index is 2.06. The van der Waals surface area contributed by atoms with Crippen molar-refractivity contribution in [2.75, 3.05) is 18.3 Å². The number of benzene rings is 2. The molecule has 1 fully saturated rings. The quantitative estimate of drug-likeness (QED) is 0.662. The fraction of sp³-hybridized carbons (Fsp3) is 0.235. The minimum absolute atomic E-state index is 0.831. The number of anilines is 1. The molecule has 1 saturated heterocycles. The van der Waals surface area contributed by atoms with Crippen LogP contribution in [0.25, 0.3) is 0 Å². The van der Waals surface area contributed by atoms with Gasteiger partial charge < -0.3 is 14.5 Å². The van der Waals surface area contributed by atoms with Crippen LogP contribution in [0, 0.1) is 6.92 Å². The minimum Gasteiger partial charge on any atom is -0.497 e. The zero-order chi connectivity index (χ0) is 16.4. The topological polar surface area (TPSA) is 24.5 Å². The molecule has 0 spiro atoms. The molecule has 23 heavy (non-hydrogen) atoms. The number of hydrogen-bond acceptors (Lipinski definition) is 3. The third-order valence-corrected chi connectivity index (χ3v) is 8.53. The fourth-order valence-electron chi connectivity index (χ4n) is 2.70. The van der Waals surface area contributed by atoms with E-state index in [1.807, 2.05) is 24.3 Å². The van der Waals surface area contributed by atoms with Crippen LogP contribution >= 0.6 is 18.6 Å². The van der Waals surface area contributed by atoms with Gasteiger partial charge in [0.2, 0.25) is 0 Å². The smallest absolute Gasteiger partial charge is 0.151 e. The predicted octanol–water partition coefficient (Wildman–Crippen LogP) is 3.77. The van der Waals surface area contributed by atoms with E-state index in [9.17, 15) is 0 Å². The van der Waals surface area contributed by atoms with Crippen molar-refractivity contribution in [1.29, 1.82) is 0 Å². The molecular weight excluding hydrogens is 343 g/mol. The SMILES string of the molecule is COc1ccc(P2(=S)NC(=S)CCN2c2cccc(C)c2)cc1. The van der Waals surface area contributed by atoms with Crippen molar-refractivity contribution in [2.24, 2.45) is 0 Å². The molecule has 2 aromatic carbocycles. The average molecular weight is 362 g/mol. The van der Waals surface area contributed by atoms with Crippen LogP contribution in [-0.4, -0.2) is 18.6 Å². The second kappa shape index (κ2) is 6.60. The molecule has 1 unspecified atom stereocenters. The molecule has 3 rings (SSSR count).